The lowest BCUT2D eigenvalue weighted by Crippen LogP contribution is -2.33. The first-order valence-corrected chi connectivity index (χ1v) is 31.7. The predicted molar refractivity (Wildman–Crippen MR) is 355 cm³/mol. The van der Waals surface area contributed by atoms with Gasteiger partial charge in [0.05, 0.1) is 89.0 Å². The molecule has 4 aliphatic heterocycles. The Kier molecular flexibility index (Phi) is 24.7. The first-order chi connectivity index (χ1) is 51.2. The molecule has 4 saturated heterocycles. The standard InChI is InChI=1S/C16H19N7O6.C15H18N8O5.C10H12ClN5O4.C10H15N7O4.C5H6O4/c1-2-28-15(27)7-3-19-23(4-7)16-20-12(17)9-13(21-16)22(6-18-9)14-11(26)10(25)8(5-24)29-14;1-17-13(27)6-2-19-23(3-6)15-20-11(16)8-12(21-15)22(5-18-8)14-10(26)9(25)7(4-24)28-14;11-10-14-7(12)4-8(15-10)16(2-13-4)9-6(19)5(18)3(1-17)20-9;11-7-4-8(15-10(14-7)16-12)17(2-13-4)9-6(20)5(19)3(1-18)21-9;1-9-5(8)4(2-6)3-7/h3-4,6,8,10-11,14,24-26H,2,5H2,1H3,(H2,17,20,21);2-3,5,7,9-10,14,24-26H,4H2,1H3,(H,17,27)(H2,16,20,21);2-3,5-6,9,17-19H,1H2,(H2,12,14,15);2-3,5-6,9,18-20H,1,12H2,(H3,11,14,15,16);2-4H,1H3/t8-,10-,11-,14+;7-,9-,10-,14+;2*3-,5-,6-,9+;/m1111./s1. The van der Waals surface area contributed by atoms with Gasteiger partial charge in [0.2, 0.25) is 11.2 Å². The third-order valence-corrected chi connectivity index (χ3v) is 16.5. The van der Waals surface area contributed by atoms with Crippen molar-refractivity contribution in [3.05, 3.63) is 66.5 Å². The van der Waals surface area contributed by atoms with Crippen LogP contribution in [0.5, 0.6) is 0 Å². The molecule has 4 aliphatic rings. The maximum absolute atomic E-state index is 11.8. The van der Waals surface area contributed by atoms with Gasteiger partial charge < -0.3 is 128 Å². The zero-order valence-electron chi connectivity index (χ0n) is 55.7. The Labute approximate surface area is 601 Å². The summed E-state index contributed by atoms with van der Waals surface area (Å²) >= 11 is 5.74. The van der Waals surface area contributed by atoms with E-state index in [4.69, 9.17) is 74.3 Å². The van der Waals surface area contributed by atoms with Crippen LogP contribution >= 0.6 is 11.6 Å². The first-order valence-electron chi connectivity index (χ1n) is 31.3. The van der Waals surface area contributed by atoms with Crippen LogP contribution in [0.15, 0.2) is 50.1 Å². The summed E-state index contributed by atoms with van der Waals surface area (Å²) < 4.78 is 39.0. The number of imidazole rings is 4. The highest BCUT2D eigenvalue weighted by Gasteiger charge is 2.48. The van der Waals surface area contributed by atoms with Crippen molar-refractivity contribution in [1.29, 1.82) is 0 Å². The molecule has 4 fully saturated rings. The van der Waals surface area contributed by atoms with Crippen LogP contribution in [0.3, 0.4) is 0 Å². The van der Waals surface area contributed by atoms with Gasteiger partial charge in [-0.05, 0) is 18.5 Å². The molecule has 24 N–H and O–H groups in total. The van der Waals surface area contributed by atoms with Crippen LogP contribution in [-0.2, 0) is 42.8 Å². The van der Waals surface area contributed by atoms with E-state index < -0.39 is 142 Å². The summed E-state index contributed by atoms with van der Waals surface area (Å²) in [6.07, 6.45) is -6.38. The number of hydrogen-bond donors (Lipinski definition) is 19. The molecular formula is C56H70ClN27O23. The van der Waals surface area contributed by atoms with Gasteiger partial charge in [-0.15, -0.1) is 0 Å². The fourth-order valence-electron chi connectivity index (χ4n) is 10.9. The molecule has 1 amide bonds. The van der Waals surface area contributed by atoms with E-state index in [-0.39, 0.29) is 111 Å². The average Bonchev–Trinajstić information content (AvgIpc) is 1.64. The second-order valence-electron chi connectivity index (χ2n) is 23.0. The normalized spacial score (nSPS) is 25.1. The minimum Gasteiger partial charge on any atom is -0.468 e. The molecule has 10 aromatic heterocycles. The van der Waals surface area contributed by atoms with E-state index in [1.807, 2.05) is 0 Å². The number of ether oxygens (including phenoxy) is 6. The Morgan fingerprint density at radius 3 is 1.21 bits per heavy atom. The number of nitrogens with two attached hydrogens (primary N) is 5. The van der Waals surface area contributed by atoms with Gasteiger partial charge in [-0.3, -0.25) is 33.3 Å². The number of hydrazine groups is 1. The molecule has 0 unspecified atom stereocenters. The van der Waals surface area contributed by atoms with Crippen molar-refractivity contribution >= 4 is 116 Å². The second-order valence-corrected chi connectivity index (χ2v) is 23.3. The molecule has 16 atom stereocenters. The summed E-state index contributed by atoms with van der Waals surface area (Å²) in [7, 11) is 2.61. The van der Waals surface area contributed by atoms with E-state index in [2.05, 4.69) is 85.5 Å². The minimum atomic E-state index is -1.32. The molecule has 0 bridgehead atoms. The van der Waals surface area contributed by atoms with Crippen LogP contribution < -0.4 is 39.5 Å². The predicted octanol–water partition coefficient (Wildman–Crippen LogP) is -8.90. The number of anilines is 5. The third-order valence-electron chi connectivity index (χ3n) is 16.4. The van der Waals surface area contributed by atoms with Gasteiger partial charge in [0.15, 0.2) is 76.7 Å². The van der Waals surface area contributed by atoms with Crippen LogP contribution in [0.25, 0.3) is 56.6 Å². The number of fused-ring (bicyclic) bond motifs is 4. The van der Waals surface area contributed by atoms with Gasteiger partial charge in [0.1, 0.15) is 108 Å². The van der Waals surface area contributed by atoms with E-state index in [1.165, 1.54) is 84.8 Å². The van der Waals surface area contributed by atoms with Crippen molar-refractivity contribution in [1.82, 2.24) is 103 Å². The monoisotopic (exact) mass is 1520 g/mol. The van der Waals surface area contributed by atoms with Crippen LogP contribution in [0.1, 0.15) is 52.6 Å². The van der Waals surface area contributed by atoms with Crippen molar-refractivity contribution in [2.24, 2.45) is 11.8 Å². The molecule has 14 rings (SSSR count). The molecule has 0 aromatic carbocycles. The number of nitrogen functional groups attached to an aromatic ring is 5. The number of aliphatic hydroxyl groups excluding tert-OH is 12. The molecule has 0 radical (unpaired) electrons. The van der Waals surface area contributed by atoms with Gasteiger partial charge in [0, 0.05) is 19.4 Å². The number of aldehydes is 2. The van der Waals surface area contributed by atoms with E-state index >= 15 is 0 Å². The molecular weight excluding hydrogens is 1450 g/mol. The molecule has 574 valence electrons. The largest absolute Gasteiger partial charge is 0.468 e. The number of esters is 2. The van der Waals surface area contributed by atoms with E-state index in [9.17, 15) is 75.0 Å². The Morgan fingerprint density at radius 2 is 0.879 bits per heavy atom. The summed E-state index contributed by atoms with van der Waals surface area (Å²) in [5, 5.41) is 127. The van der Waals surface area contributed by atoms with Crippen LogP contribution in [-0.4, -0.2) is 310 Å². The highest BCUT2D eigenvalue weighted by molar-refractivity contribution is 6.28. The number of nitrogens with zero attached hydrogens (tertiary/aromatic N) is 20. The zero-order chi connectivity index (χ0) is 77.6. The lowest BCUT2D eigenvalue weighted by molar-refractivity contribution is -0.148. The molecule has 14 heterocycles. The molecule has 51 heteroatoms. The fraction of sp³-hybridized carbons (Fsp3) is 0.446. The third kappa shape index (κ3) is 15.8. The first kappa shape index (κ1) is 78.6. The van der Waals surface area contributed by atoms with Gasteiger partial charge in [-0.25, -0.2) is 39.9 Å². The molecule has 0 aliphatic carbocycles. The fourth-order valence-corrected chi connectivity index (χ4v) is 11.1. The number of hydrogen-bond acceptors (Lipinski definition) is 43. The quantitative estimate of drug-likeness (QED) is 0.0101. The number of amides is 1. The summed E-state index contributed by atoms with van der Waals surface area (Å²) in [6.45, 7) is 0.155. The van der Waals surface area contributed by atoms with Crippen molar-refractivity contribution in [3.63, 3.8) is 0 Å². The van der Waals surface area contributed by atoms with E-state index in [0.717, 1.165) is 7.11 Å². The van der Waals surface area contributed by atoms with E-state index in [0.29, 0.717) is 16.6 Å². The van der Waals surface area contributed by atoms with Gasteiger partial charge >= 0.3 is 11.9 Å². The number of aromatic nitrogens is 20. The Morgan fingerprint density at radius 1 is 0.533 bits per heavy atom. The van der Waals surface area contributed by atoms with E-state index in [1.54, 1.807) is 6.92 Å². The highest BCUT2D eigenvalue weighted by Crippen LogP contribution is 2.37. The lowest BCUT2D eigenvalue weighted by Gasteiger charge is -2.16. The maximum atomic E-state index is 11.8. The number of carbonyl (C=O) groups excluding carboxylic acids is 5. The topological polar surface area (TPSA) is 748 Å². The number of nitrogens with one attached hydrogen (secondary N) is 2. The molecule has 107 heavy (non-hydrogen) atoms. The number of carbonyl (C=O) groups is 5. The average molecular weight is 1520 g/mol. The number of methoxy groups -OCH3 is 1. The number of halogens is 1. The van der Waals surface area contributed by atoms with Gasteiger partial charge in [-0.2, -0.15) is 50.1 Å². The Hall–Kier alpha value is -11.0. The van der Waals surface area contributed by atoms with Crippen LogP contribution in [0.4, 0.5) is 29.2 Å². The smallest absolute Gasteiger partial charge is 0.341 e. The highest BCUT2D eigenvalue weighted by atomic mass is 35.5. The van der Waals surface area contributed by atoms with Crippen LogP contribution in [0, 0.1) is 5.92 Å². The molecule has 0 saturated carbocycles. The van der Waals surface area contributed by atoms with Crippen molar-refractivity contribution in [2.75, 3.05) is 75.6 Å². The Bertz CT molecular complexity index is 4800. The van der Waals surface area contributed by atoms with Crippen LogP contribution in [0.2, 0.25) is 5.28 Å². The number of rotatable bonds is 17. The SMILES string of the molecule is CCOC(=O)c1cnn(-c2nc(N)c3ncn([C@H]4O[C@H](CO)[C@@H](O)[C@H]4O)c3n2)c1.CNC(=O)c1cnn(-c2nc(N)c3ncn([C@H]4O[C@H](CO)[C@@H](O)[C@H]4O)c3n2)c1.COC(=O)C(C=O)C=O.NNc1nc(N)c2ncn([C@H]3O[C@H](CO)[C@@H](O)[C@H]3O)c2n1.Nc1nc(Cl)nc2c1ncn2[C@H]1O[C@H](CO)[C@@H](O)[C@H]1O. The van der Waals surface area contributed by atoms with Crippen molar-refractivity contribution in [2.45, 2.75) is 105 Å². The summed E-state index contributed by atoms with van der Waals surface area (Å²) in [5.41, 5.74) is 28.3. The zero-order valence-corrected chi connectivity index (χ0v) is 56.4. The Balaban J connectivity index is 0.000000148. The summed E-state index contributed by atoms with van der Waals surface area (Å²) in [4.78, 5) is 103. The second kappa shape index (κ2) is 33.6. The molecule has 50 nitrogen and oxygen atoms in total. The summed E-state index contributed by atoms with van der Waals surface area (Å²) in [6, 6.07) is 0. The van der Waals surface area contributed by atoms with Crippen molar-refractivity contribution < 1.29 is 114 Å². The van der Waals surface area contributed by atoms with Gasteiger partial charge in [-0.1, -0.05) is 0 Å². The van der Waals surface area contributed by atoms with Crippen molar-refractivity contribution in [3.8, 4) is 11.9 Å². The minimum absolute atomic E-state index is 0.0451. The maximum Gasteiger partial charge on any atom is 0.341 e. The molecule has 0 spiro atoms. The lowest BCUT2D eigenvalue weighted by atomic mass is 10.1. The molecule has 10 aromatic rings. The summed E-state index contributed by atoms with van der Waals surface area (Å²) in [5.74, 6) is 2.85. The number of aliphatic hydroxyl groups is 12. The van der Waals surface area contributed by atoms with Gasteiger partial charge in [0.25, 0.3) is 17.8 Å².